The molecule has 1 amide bonds. The van der Waals surface area contributed by atoms with Gasteiger partial charge in [0.2, 0.25) is 0 Å². The first-order chi connectivity index (χ1) is 19.9. The first-order valence-corrected chi connectivity index (χ1v) is 15.2. The van der Waals surface area contributed by atoms with Crippen LogP contribution < -0.4 is 0 Å². The predicted octanol–water partition coefficient (Wildman–Crippen LogP) is 7.21. The fourth-order valence-electron chi connectivity index (χ4n) is 7.05. The number of carbonyl (C=O) groups excluding carboxylic acids is 2. The number of benzene rings is 2. The highest BCUT2D eigenvalue weighted by Crippen LogP contribution is 2.48. The molecule has 2 aromatic carbocycles. The van der Waals surface area contributed by atoms with Gasteiger partial charge in [0.1, 0.15) is 5.82 Å². The highest BCUT2D eigenvalue weighted by Gasteiger charge is 2.56. The lowest BCUT2D eigenvalue weighted by atomic mass is 9.61. The third-order valence-electron chi connectivity index (χ3n) is 8.95. The third kappa shape index (κ3) is 5.40. The number of imidazole rings is 1. The first-order valence-electron chi connectivity index (χ1n) is 14.8. The normalized spacial score (nSPS) is 19.6. The zero-order chi connectivity index (χ0) is 29.8. The molecule has 3 aromatic rings. The lowest BCUT2D eigenvalue weighted by Crippen LogP contribution is -2.65. The van der Waals surface area contributed by atoms with E-state index in [0.29, 0.717) is 23.7 Å². The molecule has 3 aliphatic rings. The van der Waals surface area contributed by atoms with Crippen molar-refractivity contribution in [1.29, 1.82) is 0 Å². The molecule has 6 rings (SSSR count). The van der Waals surface area contributed by atoms with Gasteiger partial charge in [-0.2, -0.15) is 13.2 Å². The molecule has 2 aliphatic carbocycles. The second kappa shape index (κ2) is 10.9. The number of Topliss-reactive ketones (excluding diaryl/α,β-unsaturated/α-hetero) is 1. The Morgan fingerprint density at radius 2 is 1.95 bits per heavy atom. The van der Waals surface area contributed by atoms with E-state index in [2.05, 4.69) is 6.07 Å². The average molecular weight is 602 g/mol. The van der Waals surface area contributed by atoms with Crippen LogP contribution in [0.5, 0.6) is 0 Å². The molecular weight excluding hydrogens is 567 g/mol. The van der Waals surface area contributed by atoms with Crippen molar-refractivity contribution in [3.8, 4) is 0 Å². The summed E-state index contributed by atoms with van der Waals surface area (Å²) in [4.78, 5) is 33.5. The Bertz CT molecular complexity index is 1540. The summed E-state index contributed by atoms with van der Waals surface area (Å²) in [5.41, 5.74) is 3.12. The molecule has 1 saturated heterocycles. The number of aryl methyl sites for hydroxylation is 1. The predicted molar refractivity (Wildman–Crippen MR) is 154 cm³/mol. The third-order valence-corrected chi connectivity index (χ3v) is 9.28. The van der Waals surface area contributed by atoms with Crippen molar-refractivity contribution in [1.82, 2.24) is 14.5 Å². The number of alkyl halides is 3. The quantitative estimate of drug-likeness (QED) is 0.299. The minimum absolute atomic E-state index is 0.0332. The number of ketones is 1. The van der Waals surface area contributed by atoms with E-state index in [-0.39, 0.29) is 37.9 Å². The number of halogens is 4. The average Bonchev–Trinajstić information content (AvgIpc) is 3.24. The van der Waals surface area contributed by atoms with Gasteiger partial charge in [-0.15, -0.1) is 0 Å². The van der Waals surface area contributed by atoms with Gasteiger partial charge in [-0.05, 0) is 81.0 Å². The molecule has 10 heteroatoms. The minimum Gasteiger partial charge on any atom is -0.447 e. The summed E-state index contributed by atoms with van der Waals surface area (Å²) in [5.74, 6) is 0.186. The van der Waals surface area contributed by atoms with Crippen molar-refractivity contribution in [2.45, 2.75) is 90.0 Å². The smallest absolute Gasteiger partial charge is 0.410 e. The van der Waals surface area contributed by atoms with Gasteiger partial charge in [-0.3, -0.25) is 4.79 Å². The van der Waals surface area contributed by atoms with Gasteiger partial charge in [0.05, 0.1) is 23.1 Å². The Morgan fingerprint density at radius 3 is 2.69 bits per heavy atom. The van der Waals surface area contributed by atoms with Crippen molar-refractivity contribution in [2.24, 2.45) is 5.41 Å². The lowest BCUT2D eigenvalue weighted by Gasteiger charge is -2.52. The summed E-state index contributed by atoms with van der Waals surface area (Å²) in [6.07, 6.45) is -1.47. The first kappa shape index (κ1) is 29.0. The minimum atomic E-state index is -4.22. The van der Waals surface area contributed by atoms with Crippen LogP contribution in [0.25, 0.3) is 10.8 Å². The number of nitrogens with zero attached hydrogens (tertiary/aromatic N) is 3. The molecular formula is C32H35ClF3N3O3. The van der Waals surface area contributed by atoms with Gasteiger partial charge in [0, 0.05) is 48.6 Å². The van der Waals surface area contributed by atoms with Crippen molar-refractivity contribution in [2.75, 3.05) is 13.1 Å². The van der Waals surface area contributed by atoms with E-state index in [0.717, 1.165) is 59.0 Å². The van der Waals surface area contributed by atoms with Gasteiger partial charge in [-0.25, -0.2) is 9.78 Å². The van der Waals surface area contributed by atoms with E-state index in [9.17, 15) is 22.8 Å². The van der Waals surface area contributed by atoms with E-state index >= 15 is 0 Å². The fraction of sp³-hybridized carbons (Fsp3) is 0.531. The van der Waals surface area contributed by atoms with Gasteiger partial charge in [0.25, 0.3) is 0 Å². The molecule has 0 radical (unpaired) electrons. The van der Waals surface area contributed by atoms with E-state index in [1.54, 1.807) is 18.7 Å². The number of likely N-dealkylation sites (tertiary alicyclic amines) is 1. The molecule has 1 unspecified atom stereocenters. The van der Waals surface area contributed by atoms with Crippen LogP contribution in [-0.4, -0.2) is 51.7 Å². The maximum atomic E-state index is 14.4. The molecule has 42 heavy (non-hydrogen) atoms. The molecule has 224 valence electrons. The Balaban J connectivity index is 1.38. The second-order valence-electron chi connectivity index (χ2n) is 12.4. The molecule has 0 N–H and O–H groups in total. The number of hydrogen-bond acceptors (Lipinski definition) is 4. The SMILES string of the molecule is CC(C)OC(=O)N1CC2(Cc3cc4c(Cl)cccc4cc3C(Cc3nc4c(n3CCCC(F)(F)F)CCCC4)C2=O)C1. The summed E-state index contributed by atoms with van der Waals surface area (Å²) in [6.45, 7) is 4.33. The highest BCUT2D eigenvalue weighted by molar-refractivity contribution is 6.35. The fourth-order valence-corrected chi connectivity index (χ4v) is 7.28. The number of fused-ring (bicyclic) bond motifs is 3. The van der Waals surface area contributed by atoms with Gasteiger partial charge < -0.3 is 14.2 Å². The standard InChI is InChI=1S/C32H35ClF3N3O3/c1-19(2)42-30(41)38-17-31(18-38)16-21-14-23-20(7-5-8-25(23)33)13-22(21)24(29(31)40)15-28-37-26-9-3-4-10-27(26)39(28)12-6-11-32(34,35)36/h5,7-8,13-14,19,24H,3-4,6,9-12,15-18H2,1-2H3. The van der Waals surface area contributed by atoms with Crippen molar-refractivity contribution in [3.63, 3.8) is 0 Å². The number of rotatable bonds is 6. The maximum absolute atomic E-state index is 14.4. The van der Waals surface area contributed by atoms with E-state index in [4.69, 9.17) is 21.3 Å². The maximum Gasteiger partial charge on any atom is 0.410 e. The lowest BCUT2D eigenvalue weighted by molar-refractivity contribution is -0.140. The molecule has 6 nitrogen and oxygen atoms in total. The van der Waals surface area contributed by atoms with Crippen LogP contribution in [-0.2, 0) is 41.8 Å². The van der Waals surface area contributed by atoms with Crippen LogP contribution in [0.1, 0.15) is 73.8 Å². The van der Waals surface area contributed by atoms with Crippen LogP contribution in [0.3, 0.4) is 0 Å². The molecule has 1 atom stereocenters. The van der Waals surface area contributed by atoms with Crippen LogP contribution in [0, 0.1) is 5.41 Å². The molecule has 0 saturated carbocycles. The Labute approximate surface area is 248 Å². The van der Waals surface area contributed by atoms with E-state index in [1.807, 2.05) is 28.8 Å². The number of aromatic nitrogens is 2. The molecule has 1 aromatic heterocycles. The molecule has 1 fully saturated rings. The van der Waals surface area contributed by atoms with Crippen LogP contribution >= 0.6 is 11.6 Å². The van der Waals surface area contributed by atoms with Gasteiger partial charge in [-0.1, -0.05) is 29.8 Å². The summed E-state index contributed by atoms with van der Waals surface area (Å²) < 4.78 is 46.5. The molecule has 2 heterocycles. The summed E-state index contributed by atoms with van der Waals surface area (Å²) in [6, 6.07) is 9.78. The van der Waals surface area contributed by atoms with E-state index in [1.165, 1.54) is 0 Å². The number of carbonyl (C=O) groups is 2. The number of ether oxygens (including phenoxy) is 1. The summed E-state index contributed by atoms with van der Waals surface area (Å²) in [5, 5.41) is 2.46. The number of hydrogen-bond donors (Lipinski definition) is 0. The Kier molecular flexibility index (Phi) is 7.52. The van der Waals surface area contributed by atoms with Gasteiger partial charge >= 0.3 is 12.3 Å². The van der Waals surface area contributed by atoms with Crippen molar-refractivity contribution in [3.05, 3.63) is 63.7 Å². The molecule has 0 bridgehead atoms. The Morgan fingerprint density at radius 1 is 1.19 bits per heavy atom. The largest absolute Gasteiger partial charge is 0.447 e. The van der Waals surface area contributed by atoms with Crippen molar-refractivity contribution < 1.29 is 27.5 Å². The summed E-state index contributed by atoms with van der Waals surface area (Å²) in [7, 11) is 0. The zero-order valence-corrected chi connectivity index (χ0v) is 24.7. The monoisotopic (exact) mass is 601 g/mol. The Hall–Kier alpha value is -3.07. The highest BCUT2D eigenvalue weighted by atomic mass is 35.5. The molecule has 1 spiro atoms. The van der Waals surface area contributed by atoms with E-state index < -0.39 is 30.0 Å². The van der Waals surface area contributed by atoms with Crippen molar-refractivity contribution >= 4 is 34.2 Å². The van der Waals surface area contributed by atoms with Gasteiger partial charge in [0.15, 0.2) is 5.78 Å². The van der Waals surface area contributed by atoms with Crippen LogP contribution in [0.4, 0.5) is 18.0 Å². The second-order valence-corrected chi connectivity index (χ2v) is 12.8. The topological polar surface area (TPSA) is 64.4 Å². The van der Waals surface area contributed by atoms with Crippen LogP contribution in [0.15, 0.2) is 30.3 Å². The zero-order valence-electron chi connectivity index (χ0n) is 23.9. The summed E-state index contributed by atoms with van der Waals surface area (Å²) >= 11 is 6.56. The molecule has 1 aliphatic heterocycles. The number of amides is 1. The van der Waals surface area contributed by atoms with Crippen LogP contribution in [0.2, 0.25) is 5.02 Å².